The number of carbonyl (C=O) groups is 1. The van der Waals surface area contributed by atoms with Crippen molar-refractivity contribution in [2.75, 3.05) is 13.2 Å². The molecular formula is C22H33FN4O6. The molecule has 0 aliphatic carbocycles. The molecule has 1 saturated heterocycles. The summed E-state index contributed by atoms with van der Waals surface area (Å²) in [6.07, 6.45) is 1.70. The third-order valence-corrected chi connectivity index (χ3v) is 5.26. The number of aryl methyl sites for hydroxylation is 1. The predicted octanol–water partition coefficient (Wildman–Crippen LogP) is 1.90. The minimum absolute atomic E-state index is 0.0464. The molecule has 1 aliphatic rings. The van der Waals surface area contributed by atoms with Crippen molar-refractivity contribution in [1.29, 1.82) is 0 Å². The first-order valence-corrected chi connectivity index (χ1v) is 10.8. The Hall–Kier alpha value is -2.73. The molecular weight excluding hydrogens is 435 g/mol. The molecule has 0 saturated carbocycles. The van der Waals surface area contributed by atoms with Gasteiger partial charge in [0.25, 0.3) is 0 Å². The molecule has 1 fully saturated rings. The Labute approximate surface area is 192 Å². The Balaban J connectivity index is 2.30. The van der Waals surface area contributed by atoms with Gasteiger partial charge in [0.05, 0.1) is 30.6 Å². The van der Waals surface area contributed by atoms with Gasteiger partial charge < -0.3 is 34.8 Å². The molecule has 0 amide bonds. The van der Waals surface area contributed by atoms with E-state index in [0.717, 1.165) is 0 Å². The Bertz CT molecular complexity index is 913. The van der Waals surface area contributed by atoms with Gasteiger partial charge in [-0.25, -0.2) is 20.0 Å². The Morgan fingerprint density at radius 3 is 2.70 bits per heavy atom. The lowest BCUT2D eigenvalue weighted by atomic mass is 9.95. The van der Waals surface area contributed by atoms with E-state index in [1.807, 2.05) is 0 Å². The van der Waals surface area contributed by atoms with E-state index in [4.69, 9.17) is 25.5 Å². The van der Waals surface area contributed by atoms with Crippen LogP contribution in [0.5, 0.6) is 0 Å². The van der Waals surface area contributed by atoms with E-state index >= 15 is 0 Å². The number of hydrogen-bond donors (Lipinski definition) is 4. The van der Waals surface area contributed by atoms with Gasteiger partial charge in [-0.2, -0.15) is 0 Å². The summed E-state index contributed by atoms with van der Waals surface area (Å²) in [6, 6.07) is -0.754. The van der Waals surface area contributed by atoms with Gasteiger partial charge in [-0.15, -0.1) is 0 Å². The van der Waals surface area contributed by atoms with Crippen LogP contribution in [0.1, 0.15) is 61.9 Å². The molecule has 0 radical (unpaired) electrons. The van der Waals surface area contributed by atoms with E-state index in [9.17, 15) is 19.4 Å². The van der Waals surface area contributed by atoms with Crippen LogP contribution in [-0.2, 0) is 9.47 Å². The van der Waals surface area contributed by atoms with E-state index in [1.54, 1.807) is 33.8 Å². The summed E-state index contributed by atoms with van der Waals surface area (Å²) in [5, 5.41) is 21.6. The zero-order valence-electron chi connectivity index (χ0n) is 19.3. The topological polar surface area (TPSA) is 157 Å². The quantitative estimate of drug-likeness (QED) is 0.183. The van der Waals surface area contributed by atoms with Crippen LogP contribution in [0.4, 0.5) is 4.39 Å². The molecule has 184 valence electrons. The highest BCUT2D eigenvalue weighted by molar-refractivity contribution is 5.87. The second-order valence-electron chi connectivity index (χ2n) is 7.55. The molecule has 10 nitrogen and oxygen atoms in total. The number of aliphatic hydroxyl groups excluding tert-OH is 2. The second kappa shape index (κ2) is 11.9. The van der Waals surface area contributed by atoms with Crippen LogP contribution in [0.15, 0.2) is 39.9 Å². The number of nitrogens with zero attached hydrogens (tertiary/aromatic N) is 2. The molecule has 33 heavy (non-hydrogen) atoms. The number of aromatic nitrogens is 1. The predicted molar refractivity (Wildman–Crippen MR) is 118 cm³/mol. The zero-order chi connectivity index (χ0) is 24.7. The van der Waals surface area contributed by atoms with Crippen molar-refractivity contribution in [2.24, 2.45) is 11.6 Å². The molecule has 0 bridgehead atoms. The summed E-state index contributed by atoms with van der Waals surface area (Å²) in [5.41, 5.74) is 7.05. The fourth-order valence-electron chi connectivity index (χ4n) is 3.44. The first-order valence-electron chi connectivity index (χ1n) is 10.8. The third kappa shape index (κ3) is 6.41. The Morgan fingerprint density at radius 1 is 1.42 bits per heavy atom. The first kappa shape index (κ1) is 26.5. The number of ether oxygens (including phenoxy) is 2. The number of esters is 1. The lowest BCUT2D eigenvalue weighted by Gasteiger charge is -2.41. The summed E-state index contributed by atoms with van der Waals surface area (Å²) in [5.74, 6) is 5.25. The number of oxazole rings is 1. The lowest BCUT2D eigenvalue weighted by Crippen LogP contribution is -2.55. The summed E-state index contributed by atoms with van der Waals surface area (Å²) in [4.78, 5) is 16.3. The van der Waals surface area contributed by atoms with Gasteiger partial charge >= 0.3 is 5.97 Å². The zero-order valence-corrected chi connectivity index (χ0v) is 19.3. The number of allylic oxidation sites excluding steroid dienone is 3. The smallest absolute Gasteiger partial charge is 0.376 e. The Morgan fingerprint density at radius 2 is 2.12 bits per heavy atom. The number of hydrogen-bond acceptors (Lipinski definition) is 10. The largest absolute Gasteiger partial charge is 0.460 e. The van der Waals surface area contributed by atoms with Crippen LogP contribution in [0, 0.1) is 6.92 Å². The van der Waals surface area contributed by atoms with Gasteiger partial charge in [0.2, 0.25) is 11.7 Å². The van der Waals surface area contributed by atoms with Gasteiger partial charge in [0.1, 0.15) is 24.1 Å². The molecule has 4 unspecified atom stereocenters. The van der Waals surface area contributed by atoms with Gasteiger partial charge in [0.15, 0.2) is 0 Å². The molecule has 6 N–H and O–H groups in total. The highest BCUT2D eigenvalue weighted by atomic mass is 19.1. The first-order chi connectivity index (χ1) is 15.7. The van der Waals surface area contributed by atoms with Crippen LogP contribution >= 0.6 is 0 Å². The highest BCUT2D eigenvalue weighted by Gasteiger charge is 2.42. The normalized spacial score (nSPS) is 24.7. The standard InChI is InChI=1S/C22H33FN4O6/c1-5-13(8-14(23)6-2)15(24)10-27(25)16-9-17(32-18(11-28)19(16)29)21-26-12(4)20(33-21)22(30)31-7-3/h5,8,10,16-19,28-29H,6-7,9,11,24-25H2,1-4H3/b13-5+,14-8+,15-10-. The van der Waals surface area contributed by atoms with E-state index in [0.29, 0.717) is 11.3 Å². The maximum atomic E-state index is 13.7. The van der Waals surface area contributed by atoms with E-state index in [2.05, 4.69) is 4.98 Å². The second-order valence-corrected chi connectivity index (χ2v) is 7.55. The van der Waals surface area contributed by atoms with Crippen LogP contribution < -0.4 is 11.6 Å². The average Bonchev–Trinajstić information content (AvgIpc) is 3.18. The van der Waals surface area contributed by atoms with Crippen molar-refractivity contribution in [3.8, 4) is 0 Å². The van der Waals surface area contributed by atoms with Crippen molar-refractivity contribution < 1.29 is 33.3 Å². The van der Waals surface area contributed by atoms with Gasteiger partial charge in [-0.3, -0.25) is 0 Å². The fraction of sp³-hybridized carbons (Fsp3) is 0.545. The summed E-state index contributed by atoms with van der Waals surface area (Å²) < 4.78 is 30.0. The van der Waals surface area contributed by atoms with Crippen molar-refractivity contribution >= 4 is 5.97 Å². The van der Waals surface area contributed by atoms with Crippen LogP contribution in [0.2, 0.25) is 0 Å². The molecule has 4 atom stereocenters. The van der Waals surface area contributed by atoms with E-state index in [1.165, 1.54) is 17.3 Å². The number of hydrazine groups is 1. The van der Waals surface area contributed by atoms with E-state index in [-0.39, 0.29) is 42.6 Å². The summed E-state index contributed by atoms with van der Waals surface area (Å²) in [6.45, 7) is 6.35. The average molecular weight is 469 g/mol. The minimum Gasteiger partial charge on any atom is -0.460 e. The van der Waals surface area contributed by atoms with Crippen LogP contribution in [0.25, 0.3) is 0 Å². The molecule has 2 rings (SSSR count). The number of carbonyl (C=O) groups excluding carboxylic acids is 1. The SMILES string of the molecule is C/C=C(\C=C(\F)CC)C(/N)=C/N(N)C1CC(c2nc(C)c(C(=O)OCC)o2)OC(CO)C1O. The van der Waals surface area contributed by atoms with Crippen molar-refractivity contribution in [3.05, 3.63) is 52.8 Å². The van der Waals surface area contributed by atoms with Gasteiger partial charge in [-0.05, 0) is 38.8 Å². The lowest BCUT2D eigenvalue weighted by molar-refractivity contribution is -0.169. The summed E-state index contributed by atoms with van der Waals surface area (Å²) >= 11 is 0. The maximum Gasteiger partial charge on any atom is 0.376 e. The molecule has 1 aromatic rings. The maximum absolute atomic E-state index is 13.7. The van der Waals surface area contributed by atoms with Crippen molar-refractivity contribution in [2.45, 2.75) is 64.9 Å². The molecule has 1 aliphatic heterocycles. The molecule has 2 heterocycles. The van der Waals surface area contributed by atoms with Crippen LogP contribution in [0.3, 0.4) is 0 Å². The van der Waals surface area contributed by atoms with Gasteiger partial charge in [0, 0.05) is 12.6 Å². The monoisotopic (exact) mass is 468 g/mol. The third-order valence-electron chi connectivity index (χ3n) is 5.26. The van der Waals surface area contributed by atoms with Crippen molar-refractivity contribution in [1.82, 2.24) is 9.99 Å². The Kier molecular flexibility index (Phi) is 9.59. The van der Waals surface area contributed by atoms with Gasteiger partial charge in [-0.1, -0.05) is 13.0 Å². The number of halogens is 1. The fourth-order valence-corrected chi connectivity index (χ4v) is 3.44. The molecule has 1 aromatic heterocycles. The summed E-state index contributed by atoms with van der Waals surface area (Å²) in [7, 11) is 0. The highest BCUT2D eigenvalue weighted by Crippen LogP contribution is 2.34. The van der Waals surface area contributed by atoms with Crippen molar-refractivity contribution in [3.63, 3.8) is 0 Å². The van der Waals surface area contributed by atoms with E-state index < -0.39 is 36.9 Å². The number of aliphatic hydroxyl groups is 2. The molecule has 11 heteroatoms. The number of rotatable bonds is 9. The minimum atomic E-state index is -1.17. The molecule has 0 aromatic carbocycles. The molecule has 0 spiro atoms. The van der Waals surface area contributed by atoms with Crippen LogP contribution in [-0.4, -0.2) is 57.6 Å². The number of nitrogens with two attached hydrogens (primary N) is 2.